The molecule has 3 nitrogen and oxygen atoms in total. The number of nitrogens with one attached hydrogen (secondary N) is 1. The van der Waals surface area contributed by atoms with Gasteiger partial charge in [0.1, 0.15) is 0 Å². The third kappa shape index (κ3) is 4.28. The van der Waals surface area contributed by atoms with Gasteiger partial charge in [-0.15, -0.1) is 0 Å². The summed E-state index contributed by atoms with van der Waals surface area (Å²) in [6.45, 7) is 0.708. The third-order valence-electron chi connectivity index (χ3n) is 1.51. The molecular formula is C10H14N2O. The number of ether oxygens (including phenoxy) is 1. The number of anilines is 1. The summed E-state index contributed by atoms with van der Waals surface area (Å²) in [5, 5.41) is 4.02. The van der Waals surface area contributed by atoms with Crippen LogP contribution in [0.5, 0.6) is 0 Å². The van der Waals surface area contributed by atoms with Crippen LogP contribution < -0.4 is 5.43 Å². The maximum atomic E-state index is 4.88. The van der Waals surface area contributed by atoms with E-state index >= 15 is 0 Å². The molecule has 70 valence electrons. The molecular weight excluding hydrogens is 164 g/mol. The second-order valence-corrected chi connectivity index (χ2v) is 2.57. The predicted molar refractivity (Wildman–Crippen MR) is 55.0 cm³/mol. The molecule has 1 rings (SSSR count). The van der Waals surface area contributed by atoms with Gasteiger partial charge >= 0.3 is 0 Å². The van der Waals surface area contributed by atoms with E-state index in [9.17, 15) is 0 Å². The van der Waals surface area contributed by atoms with Gasteiger partial charge in [0.25, 0.3) is 0 Å². The SMILES string of the molecule is COCC/C=N/Nc1ccccc1. The van der Waals surface area contributed by atoms with Crippen LogP contribution >= 0.6 is 0 Å². The Kier molecular flexibility index (Phi) is 4.64. The molecule has 1 N–H and O–H groups in total. The fourth-order valence-corrected chi connectivity index (χ4v) is 0.868. The zero-order valence-corrected chi connectivity index (χ0v) is 7.73. The molecule has 0 unspecified atom stereocenters. The summed E-state index contributed by atoms with van der Waals surface area (Å²) in [5.74, 6) is 0. The summed E-state index contributed by atoms with van der Waals surface area (Å²) in [6, 6.07) is 9.83. The van der Waals surface area contributed by atoms with Crippen LogP contribution in [0.4, 0.5) is 5.69 Å². The van der Waals surface area contributed by atoms with Crippen molar-refractivity contribution in [2.75, 3.05) is 19.1 Å². The van der Waals surface area contributed by atoms with Crippen LogP contribution in [0.25, 0.3) is 0 Å². The first-order chi connectivity index (χ1) is 6.43. The minimum absolute atomic E-state index is 0.708. The van der Waals surface area contributed by atoms with Crippen LogP contribution in [0.15, 0.2) is 35.4 Å². The molecule has 0 spiro atoms. The Hall–Kier alpha value is -1.35. The van der Waals surface area contributed by atoms with Gasteiger partial charge in [-0.05, 0) is 12.1 Å². The number of hydrazone groups is 1. The van der Waals surface area contributed by atoms with E-state index in [4.69, 9.17) is 4.74 Å². The van der Waals surface area contributed by atoms with Crippen molar-refractivity contribution in [3.8, 4) is 0 Å². The van der Waals surface area contributed by atoms with E-state index in [-0.39, 0.29) is 0 Å². The summed E-state index contributed by atoms with van der Waals surface area (Å²) in [4.78, 5) is 0. The van der Waals surface area contributed by atoms with Gasteiger partial charge in [-0.25, -0.2) is 0 Å². The quantitative estimate of drug-likeness (QED) is 0.425. The Labute approximate surface area is 78.4 Å². The first kappa shape index (κ1) is 9.74. The number of nitrogens with zero attached hydrogens (tertiary/aromatic N) is 1. The van der Waals surface area contributed by atoms with Crippen LogP contribution in [0, 0.1) is 0 Å². The Bertz CT molecular complexity index is 246. The third-order valence-corrected chi connectivity index (χ3v) is 1.51. The summed E-state index contributed by atoms with van der Waals surface area (Å²) in [7, 11) is 1.68. The van der Waals surface area contributed by atoms with E-state index < -0.39 is 0 Å². The maximum absolute atomic E-state index is 4.88. The first-order valence-electron chi connectivity index (χ1n) is 4.25. The molecule has 0 radical (unpaired) electrons. The van der Waals surface area contributed by atoms with E-state index in [0.717, 1.165) is 12.1 Å². The predicted octanol–water partition coefficient (Wildman–Crippen LogP) is 2.12. The van der Waals surface area contributed by atoms with Gasteiger partial charge < -0.3 is 4.74 Å². The lowest BCUT2D eigenvalue weighted by Gasteiger charge is -1.97. The molecule has 0 heterocycles. The number of methoxy groups -OCH3 is 1. The Morgan fingerprint density at radius 2 is 2.15 bits per heavy atom. The molecule has 0 bridgehead atoms. The standard InChI is InChI=1S/C10H14N2O/c1-13-9-5-8-11-12-10-6-3-2-4-7-10/h2-4,6-8,12H,5,9H2,1H3/b11-8+. The number of rotatable bonds is 5. The van der Waals surface area contributed by atoms with Crippen molar-refractivity contribution < 1.29 is 4.74 Å². The number of hydrogen-bond acceptors (Lipinski definition) is 3. The average molecular weight is 178 g/mol. The lowest BCUT2D eigenvalue weighted by molar-refractivity contribution is 0.208. The van der Waals surface area contributed by atoms with Crippen molar-refractivity contribution >= 4 is 11.9 Å². The van der Waals surface area contributed by atoms with Gasteiger partial charge in [0.2, 0.25) is 0 Å². The molecule has 0 saturated carbocycles. The minimum atomic E-state index is 0.708. The highest BCUT2D eigenvalue weighted by Crippen LogP contribution is 2.03. The van der Waals surface area contributed by atoms with Crippen molar-refractivity contribution in [2.24, 2.45) is 5.10 Å². The number of para-hydroxylation sites is 1. The largest absolute Gasteiger partial charge is 0.384 e. The molecule has 3 heteroatoms. The number of benzene rings is 1. The summed E-state index contributed by atoms with van der Waals surface area (Å²) in [6.07, 6.45) is 2.63. The fourth-order valence-electron chi connectivity index (χ4n) is 0.868. The Morgan fingerprint density at radius 1 is 1.38 bits per heavy atom. The van der Waals surface area contributed by atoms with E-state index in [1.165, 1.54) is 0 Å². The van der Waals surface area contributed by atoms with Crippen LogP contribution in [-0.2, 0) is 4.74 Å². The van der Waals surface area contributed by atoms with Crippen molar-refractivity contribution in [1.29, 1.82) is 0 Å². The van der Waals surface area contributed by atoms with E-state index in [1.807, 2.05) is 30.3 Å². The maximum Gasteiger partial charge on any atom is 0.0561 e. The highest BCUT2D eigenvalue weighted by molar-refractivity contribution is 5.59. The summed E-state index contributed by atoms with van der Waals surface area (Å²) in [5.41, 5.74) is 3.91. The second-order valence-electron chi connectivity index (χ2n) is 2.57. The lowest BCUT2D eigenvalue weighted by atomic mass is 10.3. The average Bonchev–Trinajstić information content (AvgIpc) is 2.19. The summed E-state index contributed by atoms with van der Waals surface area (Å²) < 4.78 is 4.88. The van der Waals surface area contributed by atoms with Crippen LogP contribution in [0.1, 0.15) is 6.42 Å². The second kappa shape index (κ2) is 6.20. The van der Waals surface area contributed by atoms with Gasteiger partial charge in [-0.2, -0.15) is 5.10 Å². The zero-order valence-electron chi connectivity index (χ0n) is 7.73. The number of hydrogen-bond donors (Lipinski definition) is 1. The Balaban J connectivity index is 2.23. The summed E-state index contributed by atoms with van der Waals surface area (Å²) >= 11 is 0. The van der Waals surface area contributed by atoms with E-state index in [0.29, 0.717) is 6.61 Å². The van der Waals surface area contributed by atoms with Crippen molar-refractivity contribution in [3.05, 3.63) is 30.3 Å². The van der Waals surface area contributed by atoms with Crippen LogP contribution in [-0.4, -0.2) is 19.9 Å². The van der Waals surface area contributed by atoms with Gasteiger partial charge in [0.05, 0.1) is 12.3 Å². The molecule has 0 aliphatic rings. The van der Waals surface area contributed by atoms with Crippen molar-refractivity contribution in [2.45, 2.75) is 6.42 Å². The van der Waals surface area contributed by atoms with Crippen LogP contribution in [0.3, 0.4) is 0 Å². The normalized spacial score (nSPS) is 10.5. The van der Waals surface area contributed by atoms with Gasteiger partial charge in [0.15, 0.2) is 0 Å². The Morgan fingerprint density at radius 3 is 2.85 bits per heavy atom. The lowest BCUT2D eigenvalue weighted by Crippen LogP contribution is -1.92. The van der Waals surface area contributed by atoms with Gasteiger partial charge in [-0.1, -0.05) is 18.2 Å². The van der Waals surface area contributed by atoms with Crippen molar-refractivity contribution in [1.82, 2.24) is 0 Å². The van der Waals surface area contributed by atoms with Crippen LogP contribution in [0.2, 0.25) is 0 Å². The van der Waals surface area contributed by atoms with E-state index in [1.54, 1.807) is 13.3 Å². The molecule has 0 aromatic heterocycles. The van der Waals surface area contributed by atoms with Gasteiger partial charge in [-0.3, -0.25) is 5.43 Å². The minimum Gasteiger partial charge on any atom is -0.384 e. The molecule has 13 heavy (non-hydrogen) atoms. The molecule has 1 aromatic rings. The fraction of sp³-hybridized carbons (Fsp3) is 0.300. The smallest absolute Gasteiger partial charge is 0.0561 e. The zero-order chi connectivity index (χ0) is 9.36. The van der Waals surface area contributed by atoms with E-state index in [2.05, 4.69) is 10.5 Å². The molecule has 0 fully saturated rings. The monoisotopic (exact) mass is 178 g/mol. The molecule has 0 aliphatic carbocycles. The first-order valence-corrected chi connectivity index (χ1v) is 4.25. The molecule has 0 saturated heterocycles. The molecule has 1 aromatic carbocycles. The molecule has 0 amide bonds. The highest BCUT2D eigenvalue weighted by atomic mass is 16.5. The molecule has 0 aliphatic heterocycles. The van der Waals surface area contributed by atoms with Crippen molar-refractivity contribution in [3.63, 3.8) is 0 Å². The molecule has 0 atom stereocenters. The highest BCUT2D eigenvalue weighted by Gasteiger charge is 1.83. The topological polar surface area (TPSA) is 33.6 Å². The van der Waals surface area contributed by atoms with Gasteiger partial charge in [0, 0.05) is 19.7 Å².